The zero-order chi connectivity index (χ0) is 15.0. The Hall–Kier alpha value is -1.88. The molecule has 5 nitrogen and oxygen atoms in total. The van der Waals surface area contributed by atoms with Crippen LogP contribution in [0.1, 0.15) is 25.8 Å². The van der Waals surface area contributed by atoms with Crippen LogP contribution in [0, 0.1) is 0 Å². The first-order valence-corrected chi connectivity index (χ1v) is 6.65. The predicted molar refractivity (Wildman–Crippen MR) is 74.9 cm³/mol. The molecule has 1 aromatic carbocycles. The van der Waals surface area contributed by atoms with E-state index in [0.717, 1.165) is 5.56 Å². The van der Waals surface area contributed by atoms with Crippen LogP contribution in [0.5, 0.6) is 0 Å². The first-order chi connectivity index (χ1) is 9.52. The number of ether oxygens (including phenoxy) is 2. The third kappa shape index (κ3) is 5.84. The van der Waals surface area contributed by atoms with E-state index in [-0.39, 0.29) is 6.42 Å². The second-order valence-corrected chi connectivity index (χ2v) is 4.51. The van der Waals surface area contributed by atoms with Gasteiger partial charge in [-0.2, -0.15) is 0 Å². The molecular weight excluding hydrogens is 258 g/mol. The van der Waals surface area contributed by atoms with E-state index in [1.807, 2.05) is 30.3 Å². The summed E-state index contributed by atoms with van der Waals surface area (Å²) < 4.78 is 10.0. The zero-order valence-electron chi connectivity index (χ0n) is 11.9. The van der Waals surface area contributed by atoms with Gasteiger partial charge in [-0.05, 0) is 18.9 Å². The van der Waals surface area contributed by atoms with Crippen LogP contribution in [0.2, 0.25) is 0 Å². The minimum absolute atomic E-state index is 0.0264. The number of nitrogens with two attached hydrogens (primary N) is 1. The van der Waals surface area contributed by atoms with Crippen LogP contribution >= 0.6 is 0 Å². The van der Waals surface area contributed by atoms with Crippen molar-refractivity contribution in [3.05, 3.63) is 35.9 Å². The van der Waals surface area contributed by atoms with Crippen molar-refractivity contribution in [3.8, 4) is 0 Å². The van der Waals surface area contributed by atoms with Crippen LogP contribution < -0.4 is 5.73 Å². The topological polar surface area (TPSA) is 78.6 Å². The lowest BCUT2D eigenvalue weighted by Gasteiger charge is -2.23. The standard InChI is InChI=1S/C15H21NO4/c1-3-19-15(18)10-14(20-11(2)17)13(16)9-12-7-5-4-6-8-12/h4-8,13-14H,3,9-10,16H2,1-2H3/t13-,14+/m1/s1. The second kappa shape index (κ2) is 8.32. The third-order valence-electron chi connectivity index (χ3n) is 2.78. The number of esters is 2. The van der Waals surface area contributed by atoms with E-state index in [1.165, 1.54) is 6.92 Å². The van der Waals surface area contributed by atoms with Crippen molar-refractivity contribution in [2.45, 2.75) is 38.8 Å². The summed E-state index contributed by atoms with van der Waals surface area (Å²) in [5.74, 6) is -0.870. The average molecular weight is 279 g/mol. The molecule has 0 saturated carbocycles. The fourth-order valence-corrected chi connectivity index (χ4v) is 1.90. The number of hydrogen-bond acceptors (Lipinski definition) is 5. The van der Waals surface area contributed by atoms with E-state index in [9.17, 15) is 9.59 Å². The number of hydrogen-bond donors (Lipinski definition) is 1. The van der Waals surface area contributed by atoms with Crippen molar-refractivity contribution in [2.24, 2.45) is 5.73 Å². The largest absolute Gasteiger partial charge is 0.466 e. The predicted octanol–water partition coefficient (Wildman–Crippen LogP) is 1.44. The van der Waals surface area contributed by atoms with Crippen molar-refractivity contribution < 1.29 is 19.1 Å². The summed E-state index contributed by atoms with van der Waals surface area (Å²) in [5.41, 5.74) is 7.09. The molecule has 1 rings (SSSR count). The van der Waals surface area contributed by atoms with Gasteiger partial charge < -0.3 is 15.2 Å². The van der Waals surface area contributed by atoms with Crippen molar-refractivity contribution in [3.63, 3.8) is 0 Å². The maximum Gasteiger partial charge on any atom is 0.309 e. The van der Waals surface area contributed by atoms with E-state index in [1.54, 1.807) is 6.92 Å². The Morgan fingerprint density at radius 2 is 1.90 bits per heavy atom. The molecule has 0 spiro atoms. The Kier molecular flexibility index (Phi) is 6.73. The molecule has 0 aliphatic carbocycles. The van der Waals surface area contributed by atoms with Crippen LogP contribution in [-0.2, 0) is 25.5 Å². The molecule has 2 atom stereocenters. The summed E-state index contributed by atoms with van der Waals surface area (Å²) in [6.07, 6.45) is -0.175. The first kappa shape index (κ1) is 16.2. The van der Waals surface area contributed by atoms with Gasteiger partial charge in [0.2, 0.25) is 0 Å². The van der Waals surface area contributed by atoms with Crippen LogP contribution in [0.3, 0.4) is 0 Å². The fraction of sp³-hybridized carbons (Fsp3) is 0.467. The summed E-state index contributed by atoms with van der Waals surface area (Å²) >= 11 is 0. The molecule has 0 amide bonds. The molecule has 20 heavy (non-hydrogen) atoms. The van der Waals surface area contributed by atoms with E-state index in [2.05, 4.69) is 0 Å². The second-order valence-electron chi connectivity index (χ2n) is 4.51. The average Bonchev–Trinajstić information content (AvgIpc) is 2.39. The lowest BCUT2D eigenvalue weighted by molar-refractivity contribution is -0.154. The Morgan fingerprint density at radius 3 is 2.45 bits per heavy atom. The smallest absolute Gasteiger partial charge is 0.309 e. The molecule has 0 fully saturated rings. The van der Waals surface area contributed by atoms with Gasteiger partial charge in [0, 0.05) is 13.0 Å². The molecule has 1 aromatic rings. The van der Waals surface area contributed by atoms with Gasteiger partial charge >= 0.3 is 11.9 Å². The van der Waals surface area contributed by atoms with Gasteiger partial charge in [0.25, 0.3) is 0 Å². The molecule has 0 unspecified atom stereocenters. The maximum atomic E-state index is 11.5. The maximum absolute atomic E-state index is 11.5. The van der Waals surface area contributed by atoms with Crippen molar-refractivity contribution in [1.29, 1.82) is 0 Å². The van der Waals surface area contributed by atoms with Gasteiger partial charge in [0.15, 0.2) is 0 Å². The molecule has 2 N–H and O–H groups in total. The summed E-state index contributed by atoms with van der Waals surface area (Å²) in [6, 6.07) is 9.16. The molecule has 0 aliphatic heterocycles. The summed E-state index contributed by atoms with van der Waals surface area (Å²) in [6.45, 7) is 3.32. The van der Waals surface area contributed by atoms with Crippen LogP contribution in [0.15, 0.2) is 30.3 Å². The highest BCUT2D eigenvalue weighted by molar-refractivity contribution is 5.71. The van der Waals surface area contributed by atoms with E-state index < -0.39 is 24.1 Å². The Labute approximate surface area is 119 Å². The highest BCUT2D eigenvalue weighted by Crippen LogP contribution is 2.11. The molecule has 0 heterocycles. The Balaban J connectivity index is 2.66. The van der Waals surface area contributed by atoms with Crippen molar-refractivity contribution in [2.75, 3.05) is 6.61 Å². The minimum atomic E-state index is -0.674. The van der Waals surface area contributed by atoms with E-state index >= 15 is 0 Å². The molecule has 0 radical (unpaired) electrons. The normalized spacial score (nSPS) is 13.3. The molecule has 0 aromatic heterocycles. The molecule has 110 valence electrons. The number of carbonyl (C=O) groups is 2. The lowest BCUT2D eigenvalue weighted by Crippen LogP contribution is -2.41. The Morgan fingerprint density at radius 1 is 1.25 bits per heavy atom. The summed E-state index contributed by atoms with van der Waals surface area (Å²) in [7, 11) is 0. The zero-order valence-corrected chi connectivity index (χ0v) is 11.9. The molecule has 0 bridgehead atoms. The fourth-order valence-electron chi connectivity index (χ4n) is 1.90. The highest BCUT2D eigenvalue weighted by Gasteiger charge is 2.25. The van der Waals surface area contributed by atoms with Gasteiger partial charge in [-0.1, -0.05) is 30.3 Å². The quantitative estimate of drug-likeness (QED) is 0.764. The highest BCUT2D eigenvalue weighted by atomic mass is 16.6. The van der Waals surface area contributed by atoms with Crippen LogP contribution in [0.4, 0.5) is 0 Å². The molecular formula is C15H21NO4. The van der Waals surface area contributed by atoms with Gasteiger partial charge in [-0.15, -0.1) is 0 Å². The third-order valence-corrected chi connectivity index (χ3v) is 2.78. The monoisotopic (exact) mass is 279 g/mol. The number of carbonyl (C=O) groups excluding carboxylic acids is 2. The molecule has 0 aliphatic rings. The van der Waals surface area contributed by atoms with Crippen molar-refractivity contribution >= 4 is 11.9 Å². The van der Waals surface area contributed by atoms with Crippen molar-refractivity contribution in [1.82, 2.24) is 0 Å². The van der Waals surface area contributed by atoms with Gasteiger partial charge in [0.05, 0.1) is 13.0 Å². The summed E-state index contributed by atoms with van der Waals surface area (Å²) in [5, 5.41) is 0. The van der Waals surface area contributed by atoms with Gasteiger partial charge in [-0.3, -0.25) is 9.59 Å². The first-order valence-electron chi connectivity index (χ1n) is 6.65. The van der Waals surface area contributed by atoms with Gasteiger partial charge in [-0.25, -0.2) is 0 Å². The Bertz CT molecular complexity index is 433. The number of benzene rings is 1. The molecule has 5 heteroatoms. The lowest BCUT2D eigenvalue weighted by atomic mass is 10.00. The van der Waals surface area contributed by atoms with E-state index in [4.69, 9.17) is 15.2 Å². The number of rotatable bonds is 7. The van der Waals surface area contributed by atoms with E-state index in [0.29, 0.717) is 13.0 Å². The van der Waals surface area contributed by atoms with Crippen LogP contribution in [0.25, 0.3) is 0 Å². The summed E-state index contributed by atoms with van der Waals surface area (Å²) in [4.78, 5) is 22.6. The SMILES string of the molecule is CCOC(=O)C[C@H](OC(C)=O)[C@H](N)Cc1ccccc1. The van der Waals surface area contributed by atoms with Crippen LogP contribution in [-0.4, -0.2) is 30.7 Å². The molecule has 0 saturated heterocycles. The van der Waals surface area contributed by atoms with Gasteiger partial charge in [0.1, 0.15) is 6.10 Å². The minimum Gasteiger partial charge on any atom is -0.466 e.